The van der Waals surface area contributed by atoms with E-state index in [1.165, 1.54) is 16.7 Å². The zero-order chi connectivity index (χ0) is 24.5. The molecule has 2 saturated heterocycles. The van der Waals surface area contributed by atoms with Gasteiger partial charge in [0.15, 0.2) is 0 Å². The third-order valence-electron chi connectivity index (χ3n) is 5.87. The molecule has 8 nitrogen and oxygen atoms in total. The molecule has 0 spiro atoms. The average Bonchev–Trinajstić information content (AvgIpc) is 3.05. The molecule has 2 amide bonds. The van der Waals surface area contributed by atoms with E-state index in [1.807, 2.05) is 42.5 Å². The highest BCUT2D eigenvalue weighted by molar-refractivity contribution is 8.01. The smallest absolute Gasteiger partial charge is 0.327 e. The number of amides is 2. The second kappa shape index (κ2) is 9.58. The molecule has 2 heterocycles. The van der Waals surface area contributed by atoms with Crippen molar-refractivity contribution < 1.29 is 29.0 Å². The minimum Gasteiger partial charge on any atom is -0.490 e. The fourth-order valence-electron chi connectivity index (χ4n) is 4.27. The number of hydrogen-bond acceptors (Lipinski definition) is 6. The predicted octanol–water partition coefficient (Wildman–Crippen LogP) is 3.05. The van der Waals surface area contributed by atoms with E-state index in [-0.39, 0.29) is 23.6 Å². The lowest BCUT2D eigenvalue weighted by Crippen LogP contribution is -2.70. The largest absolute Gasteiger partial charge is 0.490 e. The Hall–Kier alpha value is -3.20. The van der Waals surface area contributed by atoms with Crippen molar-refractivity contribution in [1.29, 1.82) is 0 Å². The molecule has 9 heteroatoms. The summed E-state index contributed by atoms with van der Waals surface area (Å²) in [6, 6.07) is 15.4. The van der Waals surface area contributed by atoms with Gasteiger partial charge in [0.2, 0.25) is 11.8 Å². The van der Waals surface area contributed by atoms with Gasteiger partial charge in [-0.05, 0) is 50.6 Å². The molecule has 2 aromatic carbocycles. The first-order chi connectivity index (χ1) is 16.2. The molecule has 0 aromatic heterocycles. The van der Waals surface area contributed by atoms with Crippen molar-refractivity contribution in [2.24, 2.45) is 0 Å². The van der Waals surface area contributed by atoms with E-state index >= 15 is 0 Å². The highest BCUT2D eigenvalue weighted by Gasteiger charge is 2.64. The van der Waals surface area contributed by atoms with Crippen LogP contribution in [0.15, 0.2) is 54.6 Å². The number of β-lactam (4-membered cyclic amide) rings is 1. The standard InChI is InChI=1S/C25H28N2O6S/c1-15(33-18-11-9-17(10-12-18)32-14-16-7-5-4-6-8-16)13-19(28)26-20-22(29)27-21(24(30)31)25(2,3)34-23(20)27/h4-12,15,20-21,23H,13-14H2,1-3H3,(H,26,28)(H,30,31)/t15?,20-,21+,23-/m1/s1. The van der Waals surface area contributed by atoms with Crippen molar-refractivity contribution in [2.45, 2.75) is 62.1 Å². The highest BCUT2D eigenvalue weighted by Crippen LogP contribution is 2.50. The van der Waals surface area contributed by atoms with E-state index in [2.05, 4.69) is 5.32 Å². The van der Waals surface area contributed by atoms with Crippen LogP contribution in [-0.4, -0.2) is 56.1 Å². The minimum absolute atomic E-state index is 0.0686. The summed E-state index contributed by atoms with van der Waals surface area (Å²) in [5.74, 6) is -0.382. The monoisotopic (exact) mass is 484 g/mol. The van der Waals surface area contributed by atoms with Crippen LogP contribution >= 0.6 is 11.8 Å². The molecule has 180 valence electrons. The molecule has 2 N–H and O–H groups in total. The van der Waals surface area contributed by atoms with Crippen LogP contribution in [0.5, 0.6) is 11.5 Å². The summed E-state index contributed by atoms with van der Waals surface area (Å²) in [5, 5.41) is 11.9. The molecule has 0 aliphatic carbocycles. The zero-order valence-electron chi connectivity index (χ0n) is 19.3. The van der Waals surface area contributed by atoms with Crippen molar-refractivity contribution in [3.8, 4) is 11.5 Å². The third-order valence-corrected chi connectivity index (χ3v) is 7.45. The average molecular weight is 485 g/mol. The van der Waals surface area contributed by atoms with Gasteiger partial charge < -0.3 is 24.8 Å². The fraction of sp³-hybridized carbons (Fsp3) is 0.400. The summed E-state index contributed by atoms with van der Waals surface area (Å²) >= 11 is 1.40. The number of carbonyl (C=O) groups excluding carboxylic acids is 2. The van der Waals surface area contributed by atoms with Gasteiger partial charge in [0.25, 0.3) is 0 Å². The number of carboxylic acids is 1. The Labute approximate surface area is 202 Å². The second-order valence-electron chi connectivity index (χ2n) is 9.02. The van der Waals surface area contributed by atoms with Gasteiger partial charge >= 0.3 is 5.97 Å². The molecular formula is C25H28N2O6S. The lowest BCUT2D eigenvalue weighted by molar-refractivity contribution is -0.161. The first-order valence-corrected chi connectivity index (χ1v) is 12.0. The molecule has 2 aliphatic rings. The molecule has 0 saturated carbocycles. The molecule has 4 atom stereocenters. The van der Waals surface area contributed by atoms with Gasteiger partial charge in [-0.2, -0.15) is 0 Å². The topological polar surface area (TPSA) is 105 Å². The number of nitrogens with zero attached hydrogens (tertiary/aromatic N) is 1. The molecule has 2 fully saturated rings. The van der Waals surface area contributed by atoms with E-state index in [4.69, 9.17) is 9.47 Å². The molecule has 0 radical (unpaired) electrons. The number of rotatable bonds is 9. The van der Waals surface area contributed by atoms with Crippen molar-refractivity contribution in [2.75, 3.05) is 0 Å². The minimum atomic E-state index is -1.03. The molecular weight excluding hydrogens is 456 g/mol. The number of fused-ring (bicyclic) bond motifs is 1. The second-order valence-corrected chi connectivity index (χ2v) is 10.8. The maximum Gasteiger partial charge on any atom is 0.327 e. The summed E-state index contributed by atoms with van der Waals surface area (Å²) in [4.78, 5) is 38.0. The van der Waals surface area contributed by atoms with Gasteiger partial charge in [-0.1, -0.05) is 30.3 Å². The van der Waals surface area contributed by atoms with Gasteiger partial charge in [-0.3, -0.25) is 9.59 Å². The Kier molecular flexibility index (Phi) is 6.74. The third kappa shape index (κ3) is 4.99. The summed E-state index contributed by atoms with van der Waals surface area (Å²) in [5.41, 5.74) is 1.08. The van der Waals surface area contributed by atoms with Gasteiger partial charge in [0.05, 0.1) is 6.42 Å². The van der Waals surface area contributed by atoms with Gasteiger partial charge in [-0.25, -0.2) is 4.79 Å². The van der Waals surface area contributed by atoms with Crippen LogP contribution in [-0.2, 0) is 21.0 Å². The Morgan fingerprint density at radius 1 is 1.12 bits per heavy atom. The predicted molar refractivity (Wildman–Crippen MR) is 128 cm³/mol. The Morgan fingerprint density at radius 2 is 1.76 bits per heavy atom. The van der Waals surface area contributed by atoms with Crippen LogP contribution in [0.25, 0.3) is 0 Å². The maximum absolute atomic E-state index is 12.5. The lowest BCUT2D eigenvalue weighted by atomic mass is 9.96. The van der Waals surface area contributed by atoms with Gasteiger partial charge in [-0.15, -0.1) is 11.8 Å². The normalized spacial score (nSPS) is 23.4. The van der Waals surface area contributed by atoms with Crippen LogP contribution in [0, 0.1) is 0 Å². The van der Waals surface area contributed by atoms with Crippen LogP contribution < -0.4 is 14.8 Å². The number of ether oxygens (including phenoxy) is 2. The van der Waals surface area contributed by atoms with E-state index in [0.29, 0.717) is 18.1 Å². The van der Waals surface area contributed by atoms with E-state index in [1.54, 1.807) is 32.9 Å². The van der Waals surface area contributed by atoms with E-state index < -0.39 is 28.9 Å². The molecule has 4 rings (SSSR count). The van der Waals surface area contributed by atoms with Crippen LogP contribution in [0.1, 0.15) is 32.8 Å². The van der Waals surface area contributed by atoms with Crippen LogP contribution in [0.3, 0.4) is 0 Å². The summed E-state index contributed by atoms with van der Waals surface area (Å²) in [6.07, 6.45) is -0.346. The lowest BCUT2D eigenvalue weighted by Gasteiger charge is -2.43. The first-order valence-electron chi connectivity index (χ1n) is 11.1. The van der Waals surface area contributed by atoms with E-state index in [0.717, 1.165) is 5.56 Å². The molecule has 2 aromatic rings. The van der Waals surface area contributed by atoms with Crippen LogP contribution in [0.2, 0.25) is 0 Å². The van der Waals surface area contributed by atoms with E-state index in [9.17, 15) is 19.5 Å². The van der Waals surface area contributed by atoms with Crippen molar-refractivity contribution in [3.63, 3.8) is 0 Å². The summed E-state index contributed by atoms with van der Waals surface area (Å²) in [6.45, 7) is 5.85. The number of nitrogens with one attached hydrogen (secondary N) is 1. The molecule has 0 bridgehead atoms. The number of hydrogen-bond donors (Lipinski definition) is 2. The number of thioether (sulfide) groups is 1. The summed E-state index contributed by atoms with van der Waals surface area (Å²) < 4.78 is 11.0. The highest BCUT2D eigenvalue weighted by atomic mass is 32.2. The van der Waals surface area contributed by atoms with Crippen molar-refractivity contribution >= 4 is 29.5 Å². The molecule has 1 unspecified atom stereocenters. The first kappa shape index (κ1) is 23.9. The Morgan fingerprint density at radius 3 is 2.41 bits per heavy atom. The number of carboxylic acid groups (broad SMARTS) is 1. The maximum atomic E-state index is 12.5. The summed E-state index contributed by atoms with van der Waals surface area (Å²) in [7, 11) is 0. The number of benzene rings is 2. The zero-order valence-corrected chi connectivity index (χ0v) is 20.1. The number of aliphatic carboxylic acids is 1. The SMILES string of the molecule is CC(CC(=O)N[C@@H]1C(=O)N2[C@@H]1SC(C)(C)[C@@H]2C(=O)O)Oc1ccc(OCc2ccccc2)cc1. The quantitative estimate of drug-likeness (QED) is 0.527. The Balaban J connectivity index is 1.24. The van der Waals surface area contributed by atoms with Crippen molar-refractivity contribution in [1.82, 2.24) is 10.2 Å². The molecule has 34 heavy (non-hydrogen) atoms. The van der Waals surface area contributed by atoms with Crippen molar-refractivity contribution in [3.05, 3.63) is 60.2 Å². The van der Waals surface area contributed by atoms with Gasteiger partial charge in [0.1, 0.15) is 41.7 Å². The molecule has 2 aliphatic heterocycles. The fourth-order valence-corrected chi connectivity index (χ4v) is 5.89. The van der Waals surface area contributed by atoms with Crippen LogP contribution in [0.4, 0.5) is 0 Å². The van der Waals surface area contributed by atoms with Gasteiger partial charge in [0, 0.05) is 4.75 Å². The Bertz CT molecular complexity index is 1060. The number of carbonyl (C=O) groups is 3.